The number of likely N-dealkylation sites (tertiary alicyclic amines) is 1. The van der Waals surface area contributed by atoms with Crippen LogP contribution >= 0.6 is 0 Å². The summed E-state index contributed by atoms with van der Waals surface area (Å²) in [6.07, 6.45) is 4.97. The summed E-state index contributed by atoms with van der Waals surface area (Å²) in [5, 5.41) is 3.10. The first-order valence-electron chi connectivity index (χ1n) is 11.7. The minimum atomic E-state index is -0.328. The van der Waals surface area contributed by atoms with E-state index in [4.69, 9.17) is 5.73 Å². The van der Waals surface area contributed by atoms with Gasteiger partial charge in [-0.25, -0.2) is 10.7 Å². The largest absolute Gasteiger partial charge is 0.394 e. The van der Waals surface area contributed by atoms with Crippen molar-refractivity contribution in [3.05, 3.63) is 41.0 Å². The van der Waals surface area contributed by atoms with E-state index >= 15 is 0 Å². The number of hydrogen-bond donors (Lipinski definition) is 3. The summed E-state index contributed by atoms with van der Waals surface area (Å²) in [7, 11) is 3.72. The van der Waals surface area contributed by atoms with Crippen molar-refractivity contribution < 1.29 is 20.3 Å². The number of Topliss-reactive ketones (excluding diaryl/α,β-unsaturated/α-hetero) is 2. The highest BCUT2D eigenvalue weighted by molar-refractivity contribution is 6.25. The lowest BCUT2D eigenvalue weighted by atomic mass is 9.95. The highest BCUT2D eigenvalue weighted by Gasteiger charge is 2.32. The van der Waals surface area contributed by atoms with E-state index in [1.165, 1.54) is 39.2 Å². The molecule has 3 aliphatic rings. The van der Waals surface area contributed by atoms with Crippen LogP contribution in [0, 0.1) is 0 Å². The van der Waals surface area contributed by atoms with E-state index in [2.05, 4.69) is 42.8 Å². The summed E-state index contributed by atoms with van der Waals surface area (Å²) in [6, 6.07) is 3.98. The summed E-state index contributed by atoms with van der Waals surface area (Å²) in [5.41, 5.74) is 6.60. The second kappa shape index (κ2) is 12.2. The first-order valence-corrected chi connectivity index (χ1v) is 11.7. The maximum absolute atomic E-state index is 12.6. The third kappa shape index (κ3) is 6.36. The summed E-state index contributed by atoms with van der Waals surface area (Å²) in [5.74, 6) is 2.36. The number of piperazine rings is 1. The Hall–Kier alpha value is -2.37. The molecule has 2 fully saturated rings. The minimum Gasteiger partial charge on any atom is -0.394 e. The fraction of sp³-hybridized carbons (Fsp3) is 0.609. The second-order valence-corrected chi connectivity index (χ2v) is 8.83. The lowest BCUT2D eigenvalue weighted by Crippen LogP contribution is -2.53. The molecule has 10 heteroatoms. The number of nitrogens with zero attached hydrogens (tertiary/aromatic N) is 4. The van der Waals surface area contributed by atoms with Gasteiger partial charge in [-0.1, -0.05) is 0 Å². The van der Waals surface area contributed by atoms with Crippen LogP contribution in [0.15, 0.2) is 29.7 Å². The van der Waals surface area contributed by atoms with Gasteiger partial charge in [0.25, 0.3) is 0 Å². The Balaban J connectivity index is 0.000000968. The van der Waals surface area contributed by atoms with Gasteiger partial charge in [0.1, 0.15) is 17.1 Å². The predicted octanol–water partition coefficient (Wildman–Crippen LogP) is -0.888. The molecular weight excluding hydrogens is 422 g/mol. The first-order chi connectivity index (χ1) is 16.0. The number of carbonyl (C=O) groups excluding carboxylic acids is 2. The number of pyridine rings is 1. The van der Waals surface area contributed by atoms with Gasteiger partial charge in [0.15, 0.2) is 0 Å². The van der Waals surface area contributed by atoms with Crippen LogP contribution in [-0.2, 0) is 4.84 Å². The third-order valence-corrected chi connectivity index (χ3v) is 6.57. The topological polar surface area (TPSA) is 132 Å². The van der Waals surface area contributed by atoms with E-state index in [0.29, 0.717) is 6.54 Å². The van der Waals surface area contributed by atoms with Crippen LogP contribution in [-0.4, -0.2) is 104 Å². The fourth-order valence-corrected chi connectivity index (χ4v) is 4.67. The summed E-state index contributed by atoms with van der Waals surface area (Å²) in [6.45, 7) is 8.43. The standard InChI is InChI=1S/C22H32N6O2.CH6NO/c1-26-10-5-16(6-11-26)28-14-12-27(13-15-28)9-3-8-25-20-18(23)21(29)17-4-2-7-24-19(17)22(20)30;1-3-2/h2,4,7,16,25H,3,5-6,8-15,23H2,1H3;1-2H3/q;+1. The van der Waals surface area contributed by atoms with Gasteiger partial charge in [-0.05, 0) is 58.1 Å². The zero-order chi connectivity index (χ0) is 23.8. The van der Waals surface area contributed by atoms with Gasteiger partial charge in [-0.15, -0.1) is 0 Å². The molecule has 3 heterocycles. The monoisotopic (exact) mass is 460 g/mol. The molecule has 1 aromatic heterocycles. The molecule has 0 spiro atoms. The molecule has 182 valence electrons. The molecule has 33 heavy (non-hydrogen) atoms. The average molecular weight is 461 g/mol. The van der Waals surface area contributed by atoms with Gasteiger partial charge < -0.3 is 20.9 Å². The predicted molar refractivity (Wildman–Crippen MR) is 125 cm³/mol. The van der Waals surface area contributed by atoms with Gasteiger partial charge in [-0.3, -0.25) is 19.5 Å². The molecule has 0 saturated carbocycles. The van der Waals surface area contributed by atoms with Crippen molar-refractivity contribution in [2.24, 2.45) is 5.73 Å². The number of rotatable bonds is 6. The smallest absolute Gasteiger partial charge is 0.230 e. The number of aromatic nitrogens is 1. The van der Waals surface area contributed by atoms with Gasteiger partial charge in [-0.2, -0.15) is 0 Å². The molecule has 0 atom stereocenters. The molecule has 0 radical (unpaired) electrons. The number of hydrogen-bond acceptors (Lipinski definition) is 9. The van der Waals surface area contributed by atoms with Gasteiger partial charge >= 0.3 is 0 Å². The molecule has 1 aromatic rings. The fourth-order valence-electron chi connectivity index (χ4n) is 4.67. The van der Waals surface area contributed by atoms with Crippen molar-refractivity contribution in [3.63, 3.8) is 0 Å². The van der Waals surface area contributed by atoms with Crippen molar-refractivity contribution in [1.82, 2.24) is 25.0 Å². The molecule has 2 saturated heterocycles. The van der Waals surface area contributed by atoms with Crippen molar-refractivity contribution in [1.29, 1.82) is 0 Å². The quantitative estimate of drug-likeness (QED) is 0.365. The van der Waals surface area contributed by atoms with Crippen LogP contribution in [0.4, 0.5) is 0 Å². The SMILES string of the molecule is CN1CCC(N2CCN(CCCNC3=C(N)C(=O)c4cccnc4C3=O)CC2)CC1.CO[NH3+]. The number of ketones is 2. The van der Waals surface area contributed by atoms with Crippen molar-refractivity contribution in [3.8, 4) is 0 Å². The van der Waals surface area contributed by atoms with Crippen molar-refractivity contribution in [2.75, 3.05) is 66.5 Å². The number of nitrogens with one attached hydrogen (secondary N) is 1. The number of fused-ring (bicyclic) bond motifs is 1. The van der Waals surface area contributed by atoms with Crippen LogP contribution in [0.2, 0.25) is 0 Å². The minimum absolute atomic E-state index is 0.00718. The first kappa shape index (κ1) is 25.3. The van der Waals surface area contributed by atoms with E-state index in [0.717, 1.165) is 45.2 Å². The molecule has 0 amide bonds. The maximum atomic E-state index is 12.6. The van der Waals surface area contributed by atoms with Crippen LogP contribution in [0.3, 0.4) is 0 Å². The Morgan fingerprint density at radius 2 is 1.82 bits per heavy atom. The van der Waals surface area contributed by atoms with E-state index < -0.39 is 0 Å². The van der Waals surface area contributed by atoms with Crippen LogP contribution in [0.1, 0.15) is 40.1 Å². The van der Waals surface area contributed by atoms with Crippen LogP contribution < -0.4 is 16.9 Å². The Bertz CT molecular complexity index is 844. The maximum Gasteiger partial charge on any atom is 0.230 e. The average Bonchev–Trinajstić information content (AvgIpc) is 2.83. The zero-order valence-electron chi connectivity index (χ0n) is 19.9. The molecule has 6 N–H and O–H groups in total. The summed E-state index contributed by atoms with van der Waals surface area (Å²) in [4.78, 5) is 40.7. The molecule has 1 aliphatic carbocycles. The van der Waals surface area contributed by atoms with E-state index in [9.17, 15) is 9.59 Å². The molecule has 2 aliphatic heterocycles. The molecule has 0 bridgehead atoms. The summed E-state index contributed by atoms with van der Waals surface area (Å²) < 4.78 is 0. The van der Waals surface area contributed by atoms with Crippen molar-refractivity contribution in [2.45, 2.75) is 25.3 Å². The number of quaternary nitrogens is 1. The van der Waals surface area contributed by atoms with Crippen LogP contribution in [0.5, 0.6) is 0 Å². The Morgan fingerprint density at radius 1 is 1.15 bits per heavy atom. The van der Waals surface area contributed by atoms with Crippen LogP contribution in [0.25, 0.3) is 0 Å². The van der Waals surface area contributed by atoms with Gasteiger partial charge in [0, 0.05) is 45.0 Å². The van der Waals surface area contributed by atoms with E-state index in [-0.39, 0.29) is 34.2 Å². The summed E-state index contributed by atoms with van der Waals surface area (Å²) >= 11 is 0. The molecular formula is C23H38N7O3+. The van der Waals surface area contributed by atoms with E-state index in [1.807, 2.05) is 0 Å². The lowest BCUT2D eigenvalue weighted by molar-refractivity contribution is -0.679. The van der Waals surface area contributed by atoms with Gasteiger partial charge in [0.05, 0.1) is 12.7 Å². The normalized spacial score (nSPS) is 20.9. The zero-order valence-corrected chi connectivity index (χ0v) is 19.9. The molecule has 0 aromatic carbocycles. The number of nitrogens with two attached hydrogens (primary N) is 1. The lowest BCUT2D eigenvalue weighted by Gasteiger charge is -2.42. The van der Waals surface area contributed by atoms with Gasteiger partial charge in [0.2, 0.25) is 11.6 Å². The number of carbonyl (C=O) groups is 2. The highest BCUT2D eigenvalue weighted by Crippen LogP contribution is 2.21. The highest BCUT2D eigenvalue weighted by atomic mass is 16.6. The molecule has 4 rings (SSSR count). The Morgan fingerprint density at radius 3 is 2.48 bits per heavy atom. The molecule has 10 nitrogen and oxygen atoms in total. The van der Waals surface area contributed by atoms with Crippen molar-refractivity contribution >= 4 is 11.6 Å². The Labute approximate surface area is 195 Å². The van der Waals surface area contributed by atoms with E-state index in [1.54, 1.807) is 12.1 Å². The number of piperidine rings is 1. The molecule has 0 unspecified atom stereocenters. The second-order valence-electron chi connectivity index (χ2n) is 8.83. The number of allylic oxidation sites excluding steroid dienone is 2. The third-order valence-electron chi connectivity index (χ3n) is 6.57. The Kier molecular flexibility index (Phi) is 9.33.